The van der Waals surface area contributed by atoms with Crippen LogP contribution < -0.4 is 5.32 Å². The van der Waals surface area contributed by atoms with Gasteiger partial charge in [-0.25, -0.2) is 0 Å². The van der Waals surface area contributed by atoms with Crippen LogP contribution in [0.4, 0.5) is 0 Å². The highest BCUT2D eigenvalue weighted by Gasteiger charge is 2.18. The first-order valence-electron chi connectivity index (χ1n) is 6.16. The van der Waals surface area contributed by atoms with Crippen LogP contribution in [0.25, 0.3) is 11.1 Å². The molecular weight excluding hydrogens is 210 g/mol. The van der Waals surface area contributed by atoms with Crippen molar-refractivity contribution < 1.29 is 0 Å². The third-order valence-corrected chi connectivity index (χ3v) is 3.41. The van der Waals surface area contributed by atoms with E-state index in [9.17, 15) is 0 Å². The van der Waals surface area contributed by atoms with E-state index in [0.29, 0.717) is 6.04 Å². The summed E-state index contributed by atoms with van der Waals surface area (Å²) in [6.07, 6.45) is 3.36. The number of hydrogen-bond donors (Lipinski definition) is 1. The lowest BCUT2D eigenvalue weighted by atomic mass is 10.1. The van der Waals surface area contributed by atoms with Crippen LogP contribution >= 0.6 is 0 Å². The molecule has 2 heterocycles. The van der Waals surface area contributed by atoms with E-state index in [1.807, 2.05) is 6.07 Å². The quantitative estimate of drug-likeness (QED) is 0.853. The van der Waals surface area contributed by atoms with E-state index in [1.165, 1.54) is 17.5 Å². The van der Waals surface area contributed by atoms with Crippen LogP contribution in [0.15, 0.2) is 36.5 Å². The first kappa shape index (κ1) is 10.5. The molecule has 1 aromatic carbocycles. The van der Waals surface area contributed by atoms with Gasteiger partial charge in [-0.15, -0.1) is 0 Å². The van der Waals surface area contributed by atoms with Gasteiger partial charge in [0, 0.05) is 18.3 Å². The second-order valence-electron chi connectivity index (χ2n) is 4.62. The first-order valence-corrected chi connectivity index (χ1v) is 6.16. The predicted molar refractivity (Wildman–Crippen MR) is 68.9 cm³/mol. The Morgan fingerprint density at radius 3 is 2.82 bits per heavy atom. The molecule has 0 radical (unpaired) electrons. The van der Waals surface area contributed by atoms with Crippen molar-refractivity contribution in [1.82, 2.24) is 15.1 Å². The molecule has 1 unspecified atom stereocenters. The summed E-state index contributed by atoms with van der Waals surface area (Å²) >= 11 is 0. The van der Waals surface area contributed by atoms with Gasteiger partial charge in [0.1, 0.15) is 0 Å². The summed E-state index contributed by atoms with van der Waals surface area (Å²) < 4.78 is 2.12. The Labute approximate surface area is 101 Å². The first-order chi connectivity index (χ1) is 8.34. The van der Waals surface area contributed by atoms with Crippen LogP contribution in [-0.4, -0.2) is 22.9 Å². The van der Waals surface area contributed by atoms with Crippen molar-refractivity contribution in [2.45, 2.75) is 19.4 Å². The Morgan fingerprint density at radius 2 is 2.12 bits per heavy atom. The average Bonchev–Trinajstić information content (AvgIpc) is 2.99. The molecule has 2 aromatic rings. The summed E-state index contributed by atoms with van der Waals surface area (Å²) in [5.74, 6) is 0. The number of nitrogens with zero attached hydrogens (tertiary/aromatic N) is 2. The zero-order valence-corrected chi connectivity index (χ0v) is 10.1. The molecule has 0 spiro atoms. The molecule has 1 aliphatic rings. The predicted octanol–water partition coefficient (Wildman–Crippen LogP) is 2.39. The van der Waals surface area contributed by atoms with Gasteiger partial charge in [-0.3, -0.25) is 4.68 Å². The summed E-state index contributed by atoms with van der Waals surface area (Å²) in [5, 5.41) is 8.02. The standard InChI is InChI=1S/C14H17N3/c1-11-14(12-5-3-2-4-6-12)10-17(16-11)13-7-8-15-9-13/h2-6,10,13,15H,7-9H2,1H3. The minimum absolute atomic E-state index is 0.520. The van der Waals surface area contributed by atoms with Gasteiger partial charge in [-0.05, 0) is 25.5 Å². The molecule has 0 saturated carbocycles. The number of hydrogen-bond acceptors (Lipinski definition) is 2. The molecule has 1 saturated heterocycles. The summed E-state index contributed by atoms with van der Waals surface area (Å²) in [5.41, 5.74) is 3.61. The van der Waals surface area contributed by atoms with Gasteiger partial charge in [0.15, 0.2) is 0 Å². The average molecular weight is 227 g/mol. The van der Waals surface area contributed by atoms with Crippen LogP contribution in [-0.2, 0) is 0 Å². The van der Waals surface area contributed by atoms with Gasteiger partial charge in [0.05, 0.1) is 11.7 Å². The number of aromatic nitrogens is 2. The molecule has 0 aliphatic carbocycles. The highest BCUT2D eigenvalue weighted by Crippen LogP contribution is 2.25. The van der Waals surface area contributed by atoms with Crippen molar-refractivity contribution in [2.75, 3.05) is 13.1 Å². The van der Waals surface area contributed by atoms with Crippen LogP contribution in [0.1, 0.15) is 18.2 Å². The van der Waals surface area contributed by atoms with Crippen LogP contribution in [0.5, 0.6) is 0 Å². The maximum atomic E-state index is 4.65. The molecule has 1 N–H and O–H groups in total. The lowest BCUT2D eigenvalue weighted by molar-refractivity contribution is 0.488. The molecular formula is C14H17N3. The van der Waals surface area contributed by atoms with E-state index in [0.717, 1.165) is 18.8 Å². The smallest absolute Gasteiger partial charge is 0.0672 e. The molecule has 3 nitrogen and oxygen atoms in total. The van der Waals surface area contributed by atoms with Crippen molar-refractivity contribution in [3.63, 3.8) is 0 Å². The molecule has 0 bridgehead atoms. The summed E-state index contributed by atoms with van der Waals surface area (Å²) in [6.45, 7) is 4.22. The topological polar surface area (TPSA) is 29.9 Å². The fourth-order valence-corrected chi connectivity index (χ4v) is 2.44. The van der Waals surface area contributed by atoms with Crippen LogP contribution in [0.3, 0.4) is 0 Å². The van der Waals surface area contributed by atoms with Crippen molar-refractivity contribution in [2.24, 2.45) is 0 Å². The number of benzene rings is 1. The molecule has 3 rings (SSSR count). The minimum atomic E-state index is 0.520. The number of nitrogens with one attached hydrogen (secondary N) is 1. The molecule has 1 atom stereocenters. The Morgan fingerprint density at radius 1 is 1.29 bits per heavy atom. The maximum absolute atomic E-state index is 4.65. The highest BCUT2D eigenvalue weighted by atomic mass is 15.3. The van der Waals surface area contributed by atoms with Gasteiger partial charge in [-0.1, -0.05) is 30.3 Å². The number of rotatable bonds is 2. The fraction of sp³-hybridized carbons (Fsp3) is 0.357. The van der Waals surface area contributed by atoms with E-state index in [-0.39, 0.29) is 0 Å². The van der Waals surface area contributed by atoms with Crippen LogP contribution in [0.2, 0.25) is 0 Å². The van der Waals surface area contributed by atoms with Crippen molar-refractivity contribution in [1.29, 1.82) is 0 Å². The highest BCUT2D eigenvalue weighted by molar-refractivity contribution is 5.64. The largest absolute Gasteiger partial charge is 0.315 e. The molecule has 0 amide bonds. The monoisotopic (exact) mass is 227 g/mol. The van der Waals surface area contributed by atoms with Crippen LogP contribution in [0, 0.1) is 6.92 Å². The van der Waals surface area contributed by atoms with E-state index in [2.05, 4.69) is 52.5 Å². The summed E-state index contributed by atoms with van der Waals surface area (Å²) in [4.78, 5) is 0. The van der Waals surface area contributed by atoms with Gasteiger partial charge in [-0.2, -0.15) is 5.10 Å². The summed E-state index contributed by atoms with van der Waals surface area (Å²) in [7, 11) is 0. The number of aryl methyl sites for hydroxylation is 1. The Bertz CT molecular complexity index is 495. The van der Waals surface area contributed by atoms with Gasteiger partial charge < -0.3 is 5.32 Å². The fourth-order valence-electron chi connectivity index (χ4n) is 2.44. The Hall–Kier alpha value is -1.61. The SMILES string of the molecule is Cc1nn(C2CCNC2)cc1-c1ccccc1. The third-order valence-electron chi connectivity index (χ3n) is 3.41. The Balaban J connectivity index is 1.96. The van der Waals surface area contributed by atoms with Gasteiger partial charge in [0.2, 0.25) is 0 Å². The van der Waals surface area contributed by atoms with Gasteiger partial charge >= 0.3 is 0 Å². The van der Waals surface area contributed by atoms with Gasteiger partial charge in [0.25, 0.3) is 0 Å². The lowest BCUT2D eigenvalue weighted by Crippen LogP contribution is -2.13. The third kappa shape index (κ3) is 1.98. The van der Waals surface area contributed by atoms with E-state index in [4.69, 9.17) is 0 Å². The maximum Gasteiger partial charge on any atom is 0.0672 e. The molecule has 17 heavy (non-hydrogen) atoms. The lowest BCUT2D eigenvalue weighted by Gasteiger charge is -2.07. The zero-order chi connectivity index (χ0) is 11.7. The molecule has 88 valence electrons. The normalized spacial score (nSPS) is 19.7. The minimum Gasteiger partial charge on any atom is -0.315 e. The van der Waals surface area contributed by atoms with Crippen molar-refractivity contribution >= 4 is 0 Å². The molecule has 3 heteroatoms. The van der Waals surface area contributed by atoms with Crippen molar-refractivity contribution in [3.05, 3.63) is 42.2 Å². The molecule has 1 fully saturated rings. The second kappa shape index (κ2) is 4.34. The second-order valence-corrected chi connectivity index (χ2v) is 4.62. The van der Waals surface area contributed by atoms with E-state index < -0.39 is 0 Å². The summed E-state index contributed by atoms with van der Waals surface area (Å²) in [6, 6.07) is 11.0. The van der Waals surface area contributed by atoms with E-state index in [1.54, 1.807) is 0 Å². The van der Waals surface area contributed by atoms with E-state index >= 15 is 0 Å². The molecule has 1 aliphatic heterocycles. The van der Waals surface area contributed by atoms with Crippen molar-refractivity contribution in [3.8, 4) is 11.1 Å². The Kier molecular flexibility index (Phi) is 2.69. The molecule has 1 aromatic heterocycles. The zero-order valence-electron chi connectivity index (χ0n) is 10.1.